The molecule has 0 saturated heterocycles. The van der Waals surface area contributed by atoms with Gasteiger partial charge in [-0.3, -0.25) is 4.98 Å². The molecule has 0 fully saturated rings. The fourth-order valence-corrected chi connectivity index (χ4v) is 1.50. The Bertz CT molecular complexity index is 414. The van der Waals surface area contributed by atoms with Crippen LogP contribution in [0.2, 0.25) is 0 Å². The summed E-state index contributed by atoms with van der Waals surface area (Å²) in [6, 6.07) is 0. The summed E-state index contributed by atoms with van der Waals surface area (Å²) >= 11 is 0. The molecular weight excluding hydrogens is 208 g/mol. The Morgan fingerprint density at radius 2 is 2.25 bits per heavy atom. The lowest BCUT2D eigenvalue weighted by Crippen LogP contribution is -2.02. The van der Waals surface area contributed by atoms with Gasteiger partial charge in [-0.1, -0.05) is 5.11 Å². The Balaban J connectivity index is 3.22. The second-order valence-electron chi connectivity index (χ2n) is 3.20. The standard InChI is InChI=1S/C10H14N4O2/c1-7-10(16-3)9(5-13-14-11)8(4-12-7)6-15-2/h4H,5-6H2,1-3H3. The van der Waals surface area contributed by atoms with Crippen molar-refractivity contribution in [3.05, 3.63) is 33.5 Å². The first-order valence-corrected chi connectivity index (χ1v) is 4.75. The third-order valence-corrected chi connectivity index (χ3v) is 2.20. The molecule has 0 amide bonds. The molecule has 1 aromatic heterocycles. The number of pyridine rings is 1. The van der Waals surface area contributed by atoms with Crippen molar-refractivity contribution in [2.45, 2.75) is 20.1 Å². The maximum absolute atomic E-state index is 8.35. The lowest BCUT2D eigenvalue weighted by Gasteiger charge is -2.13. The number of aryl methyl sites for hydroxylation is 1. The molecule has 1 rings (SSSR count). The molecule has 0 bridgehead atoms. The van der Waals surface area contributed by atoms with Crippen molar-refractivity contribution in [3.8, 4) is 5.75 Å². The van der Waals surface area contributed by atoms with Crippen molar-refractivity contribution in [2.24, 2.45) is 5.11 Å². The van der Waals surface area contributed by atoms with E-state index < -0.39 is 0 Å². The third kappa shape index (κ3) is 2.62. The summed E-state index contributed by atoms with van der Waals surface area (Å²) in [6.45, 7) is 2.50. The number of azide groups is 1. The average molecular weight is 222 g/mol. The molecular formula is C10H14N4O2. The Morgan fingerprint density at radius 3 is 2.81 bits per heavy atom. The number of aromatic nitrogens is 1. The van der Waals surface area contributed by atoms with Crippen LogP contribution in [0.1, 0.15) is 16.8 Å². The van der Waals surface area contributed by atoms with Crippen LogP contribution in [0.3, 0.4) is 0 Å². The summed E-state index contributed by atoms with van der Waals surface area (Å²) in [6.07, 6.45) is 1.71. The Kier molecular flexibility index (Phi) is 4.57. The molecule has 0 saturated carbocycles. The van der Waals surface area contributed by atoms with Crippen molar-refractivity contribution in [1.29, 1.82) is 0 Å². The van der Waals surface area contributed by atoms with Crippen molar-refractivity contribution in [1.82, 2.24) is 4.98 Å². The van der Waals surface area contributed by atoms with Gasteiger partial charge in [0.15, 0.2) is 0 Å². The largest absolute Gasteiger partial charge is 0.495 e. The van der Waals surface area contributed by atoms with Gasteiger partial charge in [-0.15, -0.1) is 0 Å². The topological polar surface area (TPSA) is 80.1 Å². The van der Waals surface area contributed by atoms with Crippen LogP contribution < -0.4 is 4.74 Å². The molecule has 16 heavy (non-hydrogen) atoms. The van der Waals surface area contributed by atoms with Crippen LogP contribution in [0, 0.1) is 6.92 Å². The first-order valence-electron chi connectivity index (χ1n) is 4.75. The molecule has 0 spiro atoms. The molecule has 6 heteroatoms. The molecule has 6 nitrogen and oxygen atoms in total. The number of hydrogen-bond donors (Lipinski definition) is 0. The van der Waals surface area contributed by atoms with Gasteiger partial charge in [0.25, 0.3) is 0 Å². The zero-order valence-corrected chi connectivity index (χ0v) is 9.60. The summed E-state index contributed by atoms with van der Waals surface area (Å²) < 4.78 is 10.3. The van der Waals surface area contributed by atoms with E-state index in [1.807, 2.05) is 6.92 Å². The van der Waals surface area contributed by atoms with Gasteiger partial charge >= 0.3 is 0 Å². The van der Waals surface area contributed by atoms with E-state index in [1.165, 1.54) is 0 Å². The predicted molar refractivity (Wildman–Crippen MR) is 59.1 cm³/mol. The number of methoxy groups -OCH3 is 2. The average Bonchev–Trinajstić information content (AvgIpc) is 2.29. The van der Waals surface area contributed by atoms with Gasteiger partial charge in [-0.05, 0) is 12.5 Å². The van der Waals surface area contributed by atoms with Gasteiger partial charge in [0.2, 0.25) is 0 Å². The van der Waals surface area contributed by atoms with Crippen LogP contribution in [-0.2, 0) is 17.9 Å². The van der Waals surface area contributed by atoms with E-state index in [0.717, 1.165) is 16.8 Å². The summed E-state index contributed by atoms with van der Waals surface area (Å²) in [5.74, 6) is 0.655. The highest BCUT2D eigenvalue weighted by Crippen LogP contribution is 2.26. The van der Waals surface area contributed by atoms with Crippen LogP contribution in [0.5, 0.6) is 5.75 Å². The third-order valence-electron chi connectivity index (χ3n) is 2.20. The molecule has 0 aliphatic carbocycles. The smallest absolute Gasteiger partial charge is 0.143 e. The first kappa shape index (κ1) is 12.3. The Labute approximate surface area is 93.8 Å². The van der Waals surface area contributed by atoms with Crippen LogP contribution in [0.4, 0.5) is 0 Å². The molecule has 0 N–H and O–H groups in total. The summed E-state index contributed by atoms with van der Waals surface area (Å²) in [5, 5.41) is 3.55. The van der Waals surface area contributed by atoms with E-state index in [-0.39, 0.29) is 6.54 Å². The molecule has 1 heterocycles. The SMILES string of the molecule is COCc1cnc(C)c(OC)c1CN=[N+]=[N-]. The van der Waals surface area contributed by atoms with E-state index >= 15 is 0 Å². The molecule has 0 aromatic carbocycles. The lowest BCUT2D eigenvalue weighted by atomic mass is 10.1. The van der Waals surface area contributed by atoms with E-state index in [4.69, 9.17) is 15.0 Å². The van der Waals surface area contributed by atoms with Gasteiger partial charge in [0, 0.05) is 29.3 Å². The van der Waals surface area contributed by atoms with Crippen LogP contribution in [0.15, 0.2) is 11.3 Å². The van der Waals surface area contributed by atoms with Crippen LogP contribution in [0.25, 0.3) is 10.4 Å². The van der Waals surface area contributed by atoms with Gasteiger partial charge in [0.05, 0.1) is 26.0 Å². The highest BCUT2D eigenvalue weighted by molar-refractivity contribution is 5.41. The van der Waals surface area contributed by atoms with Crippen molar-refractivity contribution < 1.29 is 9.47 Å². The molecule has 0 atom stereocenters. The quantitative estimate of drug-likeness (QED) is 0.435. The zero-order chi connectivity index (χ0) is 12.0. The van der Waals surface area contributed by atoms with Crippen LogP contribution in [-0.4, -0.2) is 19.2 Å². The zero-order valence-electron chi connectivity index (χ0n) is 9.60. The Hall–Kier alpha value is -1.78. The molecule has 0 aliphatic rings. The molecule has 0 aliphatic heterocycles. The molecule has 86 valence electrons. The molecule has 1 aromatic rings. The maximum Gasteiger partial charge on any atom is 0.143 e. The van der Waals surface area contributed by atoms with Gasteiger partial charge in [0.1, 0.15) is 5.75 Å². The van der Waals surface area contributed by atoms with E-state index in [2.05, 4.69) is 15.0 Å². The predicted octanol–water partition coefficient (Wildman–Crippen LogP) is 2.36. The van der Waals surface area contributed by atoms with Gasteiger partial charge in [-0.2, -0.15) is 0 Å². The highest BCUT2D eigenvalue weighted by Gasteiger charge is 2.12. The number of ether oxygens (including phenoxy) is 2. The Morgan fingerprint density at radius 1 is 1.50 bits per heavy atom. The van der Waals surface area contributed by atoms with Gasteiger partial charge in [-0.25, -0.2) is 0 Å². The van der Waals surface area contributed by atoms with E-state index in [0.29, 0.717) is 12.4 Å². The van der Waals surface area contributed by atoms with Crippen molar-refractivity contribution in [3.63, 3.8) is 0 Å². The summed E-state index contributed by atoms with van der Waals surface area (Å²) in [4.78, 5) is 6.94. The number of rotatable bonds is 5. The monoisotopic (exact) mass is 222 g/mol. The first-order chi connectivity index (χ1) is 7.74. The minimum atomic E-state index is 0.238. The number of hydrogen-bond acceptors (Lipinski definition) is 4. The normalized spacial score (nSPS) is 9.69. The molecule has 0 unspecified atom stereocenters. The minimum absolute atomic E-state index is 0.238. The lowest BCUT2D eigenvalue weighted by molar-refractivity contribution is 0.183. The van der Waals surface area contributed by atoms with E-state index in [1.54, 1.807) is 20.4 Å². The number of nitrogens with zero attached hydrogens (tertiary/aromatic N) is 4. The van der Waals surface area contributed by atoms with Crippen molar-refractivity contribution in [2.75, 3.05) is 14.2 Å². The highest BCUT2D eigenvalue weighted by atomic mass is 16.5. The summed E-state index contributed by atoms with van der Waals surface area (Å²) in [5.41, 5.74) is 10.8. The van der Waals surface area contributed by atoms with Crippen molar-refractivity contribution >= 4 is 0 Å². The summed E-state index contributed by atoms with van der Waals surface area (Å²) in [7, 11) is 3.17. The fourth-order valence-electron chi connectivity index (χ4n) is 1.50. The minimum Gasteiger partial charge on any atom is -0.495 e. The van der Waals surface area contributed by atoms with E-state index in [9.17, 15) is 0 Å². The fraction of sp³-hybridized carbons (Fsp3) is 0.500. The molecule has 0 radical (unpaired) electrons. The second kappa shape index (κ2) is 5.95. The van der Waals surface area contributed by atoms with Gasteiger partial charge < -0.3 is 9.47 Å². The maximum atomic E-state index is 8.35. The second-order valence-corrected chi connectivity index (χ2v) is 3.20. The van der Waals surface area contributed by atoms with Crippen LogP contribution >= 0.6 is 0 Å².